The zero-order valence-corrected chi connectivity index (χ0v) is 10.6. The van der Waals surface area contributed by atoms with E-state index in [9.17, 15) is 8.42 Å². The maximum absolute atomic E-state index is 12.0. The quantitative estimate of drug-likeness (QED) is 0.906. The van der Waals surface area contributed by atoms with Crippen molar-refractivity contribution < 1.29 is 8.42 Å². The minimum atomic E-state index is -3.37. The molecule has 0 saturated carbocycles. The van der Waals surface area contributed by atoms with Crippen LogP contribution in [0.15, 0.2) is 35.7 Å². The number of nitrogens with one attached hydrogen (secondary N) is 1. The fourth-order valence-corrected chi connectivity index (χ4v) is 2.83. The van der Waals surface area contributed by atoms with Gasteiger partial charge in [-0.05, 0) is 30.5 Å². The maximum Gasteiger partial charge on any atom is 0.225 e. The van der Waals surface area contributed by atoms with Gasteiger partial charge in [-0.3, -0.25) is 0 Å². The van der Waals surface area contributed by atoms with E-state index in [2.05, 4.69) is 9.97 Å². The molecule has 0 radical (unpaired) electrons. The Hall–Kier alpha value is -1.62. The molecule has 2 aromatic rings. The fourth-order valence-electron chi connectivity index (χ4n) is 1.60. The van der Waals surface area contributed by atoms with Gasteiger partial charge in [-0.15, -0.1) is 0 Å². The van der Waals surface area contributed by atoms with Crippen LogP contribution in [0.2, 0.25) is 0 Å². The summed E-state index contributed by atoms with van der Waals surface area (Å²) in [6, 6.07) is 5.67. The van der Waals surface area contributed by atoms with Crippen LogP contribution in [0.1, 0.15) is 16.7 Å². The molecule has 2 rings (SSSR count). The minimum Gasteiger partial charge on any atom is -0.336 e. The highest BCUT2D eigenvalue weighted by atomic mass is 32.2. The molecule has 0 atom stereocenters. The van der Waals surface area contributed by atoms with Crippen molar-refractivity contribution >= 4 is 9.84 Å². The molecule has 0 amide bonds. The lowest BCUT2D eigenvalue weighted by Crippen LogP contribution is -2.07. The summed E-state index contributed by atoms with van der Waals surface area (Å²) in [5.74, 6) is -0.0262. The summed E-state index contributed by atoms with van der Waals surface area (Å²) in [6.45, 7) is 3.97. The van der Waals surface area contributed by atoms with E-state index >= 15 is 0 Å². The highest BCUT2D eigenvalue weighted by molar-refractivity contribution is 7.90. The number of hydrogen-bond donors (Lipinski definition) is 1. The van der Waals surface area contributed by atoms with Crippen LogP contribution in [0.5, 0.6) is 0 Å². The Morgan fingerprint density at radius 3 is 2.59 bits per heavy atom. The van der Waals surface area contributed by atoms with Gasteiger partial charge in [0, 0.05) is 12.4 Å². The van der Waals surface area contributed by atoms with Crippen molar-refractivity contribution in [1.82, 2.24) is 9.97 Å². The molecule has 0 spiro atoms. The van der Waals surface area contributed by atoms with E-state index in [1.807, 2.05) is 32.0 Å². The Bertz CT molecular complexity index is 616. The third kappa shape index (κ3) is 2.55. The second-order valence-electron chi connectivity index (χ2n) is 4.07. The van der Waals surface area contributed by atoms with Gasteiger partial charge in [0.1, 0.15) is 0 Å². The molecule has 4 nitrogen and oxygen atoms in total. The Kier molecular flexibility index (Phi) is 3.02. The van der Waals surface area contributed by atoms with Crippen LogP contribution >= 0.6 is 0 Å². The van der Waals surface area contributed by atoms with Crippen LogP contribution in [0.3, 0.4) is 0 Å². The van der Waals surface area contributed by atoms with Crippen molar-refractivity contribution in [3.8, 4) is 0 Å². The molecule has 1 heterocycles. The summed E-state index contributed by atoms with van der Waals surface area (Å²) in [7, 11) is -3.37. The summed E-state index contributed by atoms with van der Waals surface area (Å²) >= 11 is 0. The molecular weight excluding hydrogens is 236 g/mol. The van der Waals surface area contributed by atoms with Crippen molar-refractivity contribution in [2.75, 3.05) is 0 Å². The Morgan fingerprint density at radius 1 is 1.24 bits per heavy atom. The molecule has 0 aliphatic heterocycles. The normalized spacial score (nSPS) is 11.6. The van der Waals surface area contributed by atoms with E-state index in [0.717, 1.165) is 16.7 Å². The summed E-state index contributed by atoms with van der Waals surface area (Å²) in [5.41, 5.74) is 3.03. The van der Waals surface area contributed by atoms with Crippen LogP contribution in [-0.2, 0) is 15.6 Å². The summed E-state index contributed by atoms with van der Waals surface area (Å²) in [4.78, 5) is 6.41. The van der Waals surface area contributed by atoms with Crippen LogP contribution in [0, 0.1) is 13.8 Å². The Balaban J connectivity index is 2.30. The molecule has 0 bridgehead atoms. The van der Waals surface area contributed by atoms with Gasteiger partial charge in [0.25, 0.3) is 0 Å². The molecule has 5 heteroatoms. The number of rotatable bonds is 3. The molecule has 0 aliphatic carbocycles. The number of nitrogens with zero attached hydrogens (tertiary/aromatic N) is 1. The van der Waals surface area contributed by atoms with E-state index in [1.165, 1.54) is 12.4 Å². The number of aromatic amines is 1. The average Bonchev–Trinajstić information content (AvgIpc) is 2.77. The van der Waals surface area contributed by atoms with Crippen LogP contribution < -0.4 is 0 Å². The molecule has 1 aromatic carbocycles. The first-order valence-electron chi connectivity index (χ1n) is 5.27. The monoisotopic (exact) mass is 250 g/mol. The topological polar surface area (TPSA) is 62.8 Å². The van der Waals surface area contributed by atoms with Crippen LogP contribution in [-0.4, -0.2) is 18.4 Å². The number of sulfone groups is 1. The zero-order valence-electron chi connectivity index (χ0n) is 9.77. The SMILES string of the molecule is Cc1ccc(CS(=O)(=O)c2ncc[nH]2)cc1C. The van der Waals surface area contributed by atoms with Gasteiger partial charge >= 0.3 is 0 Å². The van der Waals surface area contributed by atoms with E-state index in [-0.39, 0.29) is 10.9 Å². The molecule has 90 valence electrons. The van der Waals surface area contributed by atoms with Gasteiger partial charge in [-0.1, -0.05) is 18.2 Å². The third-order valence-corrected chi connectivity index (χ3v) is 4.22. The molecule has 1 N–H and O–H groups in total. The molecule has 17 heavy (non-hydrogen) atoms. The van der Waals surface area contributed by atoms with Crippen molar-refractivity contribution in [2.45, 2.75) is 24.8 Å². The van der Waals surface area contributed by atoms with Crippen molar-refractivity contribution in [3.05, 3.63) is 47.3 Å². The second kappa shape index (κ2) is 4.33. The first kappa shape index (κ1) is 11.9. The average molecular weight is 250 g/mol. The Morgan fingerprint density at radius 2 is 2.00 bits per heavy atom. The number of aryl methyl sites for hydroxylation is 2. The summed E-state index contributed by atoms with van der Waals surface area (Å²) in [6.07, 6.45) is 2.94. The standard InChI is InChI=1S/C12H14N2O2S/c1-9-3-4-11(7-10(9)2)8-17(15,16)12-13-5-6-14-12/h3-7H,8H2,1-2H3,(H,13,14). The second-order valence-corrected chi connectivity index (χ2v) is 5.98. The Labute approximate surface area is 101 Å². The highest BCUT2D eigenvalue weighted by Crippen LogP contribution is 2.15. The smallest absolute Gasteiger partial charge is 0.225 e. The number of H-pyrrole nitrogens is 1. The van der Waals surface area contributed by atoms with Crippen LogP contribution in [0.25, 0.3) is 0 Å². The first-order chi connectivity index (χ1) is 7.99. The van der Waals surface area contributed by atoms with Gasteiger partial charge in [0.15, 0.2) is 0 Å². The van der Waals surface area contributed by atoms with Gasteiger partial charge < -0.3 is 4.98 Å². The maximum atomic E-state index is 12.0. The number of imidazole rings is 1. The fraction of sp³-hybridized carbons (Fsp3) is 0.250. The predicted octanol–water partition coefficient (Wildman–Crippen LogP) is 2.00. The predicted molar refractivity (Wildman–Crippen MR) is 65.4 cm³/mol. The highest BCUT2D eigenvalue weighted by Gasteiger charge is 2.17. The molecule has 1 aromatic heterocycles. The van der Waals surface area contributed by atoms with Gasteiger partial charge in [-0.2, -0.15) is 0 Å². The van der Waals surface area contributed by atoms with Crippen molar-refractivity contribution in [1.29, 1.82) is 0 Å². The van der Waals surface area contributed by atoms with Crippen molar-refractivity contribution in [3.63, 3.8) is 0 Å². The van der Waals surface area contributed by atoms with Crippen LogP contribution in [0.4, 0.5) is 0 Å². The molecule has 0 unspecified atom stereocenters. The van der Waals surface area contributed by atoms with E-state index in [4.69, 9.17) is 0 Å². The van der Waals surface area contributed by atoms with Gasteiger partial charge in [0.05, 0.1) is 5.75 Å². The summed E-state index contributed by atoms with van der Waals surface area (Å²) < 4.78 is 23.9. The number of benzene rings is 1. The van der Waals surface area contributed by atoms with Crippen molar-refractivity contribution in [2.24, 2.45) is 0 Å². The number of aromatic nitrogens is 2. The van der Waals surface area contributed by atoms with E-state index in [0.29, 0.717) is 0 Å². The molecular formula is C12H14N2O2S. The first-order valence-corrected chi connectivity index (χ1v) is 6.92. The lowest BCUT2D eigenvalue weighted by atomic mass is 10.1. The minimum absolute atomic E-state index is 0.0238. The molecule has 0 aliphatic rings. The zero-order chi connectivity index (χ0) is 12.5. The largest absolute Gasteiger partial charge is 0.336 e. The molecule has 0 saturated heterocycles. The van der Waals surface area contributed by atoms with E-state index in [1.54, 1.807) is 0 Å². The third-order valence-electron chi connectivity index (χ3n) is 2.70. The lowest BCUT2D eigenvalue weighted by Gasteiger charge is -2.05. The van der Waals surface area contributed by atoms with Gasteiger partial charge in [-0.25, -0.2) is 13.4 Å². The number of hydrogen-bond acceptors (Lipinski definition) is 3. The lowest BCUT2D eigenvalue weighted by molar-refractivity contribution is 0.588. The van der Waals surface area contributed by atoms with Gasteiger partial charge in [0.2, 0.25) is 15.0 Å². The molecule has 0 fully saturated rings. The van der Waals surface area contributed by atoms with E-state index < -0.39 is 9.84 Å². The summed E-state index contributed by atoms with van der Waals surface area (Å²) in [5, 5.41) is 0.0238.